The van der Waals surface area contributed by atoms with Gasteiger partial charge in [0.2, 0.25) is 0 Å². The number of ether oxygens (including phenoxy) is 2. The number of piperazine rings is 1. The van der Waals surface area contributed by atoms with Gasteiger partial charge in [-0.15, -0.1) is 0 Å². The first kappa shape index (κ1) is 21.2. The Kier molecular flexibility index (Phi) is 11.8. The monoisotopic (exact) mass is 343 g/mol. The molecular weight excluding hydrogens is 306 g/mol. The molecule has 0 bridgehead atoms. The zero-order valence-corrected chi connectivity index (χ0v) is 16.0. The summed E-state index contributed by atoms with van der Waals surface area (Å²) in [5.41, 5.74) is 0. The average Bonchev–Trinajstić information content (AvgIpc) is 2.59. The topological polar surface area (TPSA) is 61.4 Å². The molecule has 1 atom stereocenters. The lowest BCUT2D eigenvalue weighted by atomic mass is 10.2. The molecule has 1 heterocycles. The van der Waals surface area contributed by atoms with Crippen molar-refractivity contribution in [2.75, 3.05) is 79.8 Å². The van der Waals surface area contributed by atoms with Gasteiger partial charge in [-0.05, 0) is 27.3 Å². The molecule has 1 unspecified atom stereocenters. The highest BCUT2D eigenvalue weighted by atomic mass is 16.5. The SMILES string of the molecule is CCNC(=NCC(C)N1CCN(C)CC1)NCCCOCCOC. The molecule has 142 valence electrons. The van der Waals surface area contributed by atoms with Crippen molar-refractivity contribution < 1.29 is 9.47 Å². The van der Waals surface area contributed by atoms with Crippen molar-refractivity contribution in [1.29, 1.82) is 0 Å². The van der Waals surface area contributed by atoms with E-state index >= 15 is 0 Å². The summed E-state index contributed by atoms with van der Waals surface area (Å²) in [6, 6.07) is 0.478. The predicted molar refractivity (Wildman–Crippen MR) is 99.8 cm³/mol. The van der Waals surface area contributed by atoms with Crippen molar-refractivity contribution in [2.24, 2.45) is 4.99 Å². The Morgan fingerprint density at radius 3 is 2.54 bits per heavy atom. The molecule has 0 aromatic rings. The maximum Gasteiger partial charge on any atom is 0.191 e. The molecule has 1 saturated heterocycles. The quantitative estimate of drug-likeness (QED) is 0.318. The van der Waals surface area contributed by atoms with Crippen LogP contribution in [-0.4, -0.2) is 102 Å². The van der Waals surface area contributed by atoms with Gasteiger partial charge in [0, 0.05) is 59.0 Å². The van der Waals surface area contributed by atoms with E-state index in [-0.39, 0.29) is 0 Å². The highest BCUT2D eigenvalue weighted by molar-refractivity contribution is 5.79. The summed E-state index contributed by atoms with van der Waals surface area (Å²) >= 11 is 0. The van der Waals surface area contributed by atoms with Crippen LogP contribution >= 0.6 is 0 Å². The van der Waals surface area contributed by atoms with Crippen LogP contribution in [0.5, 0.6) is 0 Å². The van der Waals surface area contributed by atoms with Gasteiger partial charge in [0.05, 0.1) is 19.8 Å². The molecule has 1 aliphatic heterocycles. The van der Waals surface area contributed by atoms with Crippen molar-refractivity contribution in [2.45, 2.75) is 26.3 Å². The van der Waals surface area contributed by atoms with Gasteiger partial charge < -0.3 is 25.0 Å². The summed E-state index contributed by atoms with van der Waals surface area (Å²) in [5, 5.41) is 6.69. The second-order valence-electron chi connectivity index (χ2n) is 6.29. The molecule has 0 aliphatic carbocycles. The summed E-state index contributed by atoms with van der Waals surface area (Å²) in [7, 11) is 3.87. The summed E-state index contributed by atoms with van der Waals surface area (Å²) in [4.78, 5) is 9.64. The maximum absolute atomic E-state index is 5.47. The number of rotatable bonds is 11. The second kappa shape index (κ2) is 13.4. The number of nitrogens with one attached hydrogen (secondary N) is 2. The molecule has 0 spiro atoms. The minimum Gasteiger partial charge on any atom is -0.382 e. The number of hydrogen-bond acceptors (Lipinski definition) is 5. The van der Waals surface area contributed by atoms with Crippen LogP contribution in [0.4, 0.5) is 0 Å². The van der Waals surface area contributed by atoms with E-state index in [0.29, 0.717) is 19.3 Å². The Balaban J connectivity index is 2.23. The molecule has 24 heavy (non-hydrogen) atoms. The molecule has 0 amide bonds. The van der Waals surface area contributed by atoms with Gasteiger partial charge in [-0.3, -0.25) is 9.89 Å². The Morgan fingerprint density at radius 2 is 1.88 bits per heavy atom. The van der Waals surface area contributed by atoms with Crippen LogP contribution in [0.15, 0.2) is 4.99 Å². The highest BCUT2D eigenvalue weighted by Gasteiger charge is 2.18. The van der Waals surface area contributed by atoms with Crippen LogP contribution in [0, 0.1) is 0 Å². The van der Waals surface area contributed by atoms with E-state index < -0.39 is 0 Å². The van der Waals surface area contributed by atoms with Crippen LogP contribution in [0.2, 0.25) is 0 Å². The van der Waals surface area contributed by atoms with Crippen LogP contribution in [-0.2, 0) is 9.47 Å². The minimum atomic E-state index is 0.478. The molecule has 7 heteroatoms. The molecule has 7 nitrogen and oxygen atoms in total. The molecule has 1 aliphatic rings. The smallest absolute Gasteiger partial charge is 0.191 e. The predicted octanol–water partition coefficient (Wildman–Crippen LogP) is 0.231. The van der Waals surface area contributed by atoms with Gasteiger partial charge in [0.15, 0.2) is 5.96 Å². The molecule has 0 aromatic carbocycles. The molecule has 1 rings (SSSR count). The van der Waals surface area contributed by atoms with Crippen molar-refractivity contribution in [3.8, 4) is 0 Å². The molecular formula is C17H37N5O2. The molecule has 0 saturated carbocycles. The van der Waals surface area contributed by atoms with E-state index in [1.54, 1.807) is 7.11 Å². The number of hydrogen-bond donors (Lipinski definition) is 2. The van der Waals surface area contributed by atoms with Gasteiger partial charge in [0.1, 0.15) is 0 Å². The normalized spacial score (nSPS) is 18.6. The zero-order valence-electron chi connectivity index (χ0n) is 16.0. The second-order valence-corrected chi connectivity index (χ2v) is 6.29. The fourth-order valence-electron chi connectivity index (χ4n) is 2.57. The highest BCUT2D eigenvalue weighted by Crippen LogP contribution is 2.05. The lowest BCUT2D eigenvalue weighted by Crippen LogP contribution is -2.49. The van der Waals surface area contributed by atoms with Gasteiger partial charge >= 0.3 is 0 Å². The van der Waals surface area contributed by atoms with Gasteiger partial charge in [-0.1, -0.05) is 0 Å². The summed E-state index contributed by atoms with van der Waals surface area (Å²) < 4.78 is 10.4. The lowest BCUT2D eigenvalue weighted by molar-refractivity contribution is 0.0698. The van der Waals surface area contributed by atoms with Gasteiger partial charge in [0.25, 0.3) is 0 Å². The van der Waals surface area contributed by atoms with E-state index in [2.05, 4.69) is 41.3 Å². The largest absolute Gasteiger partial charge is 0.382 e. The van der Waals surface area contributed by atoms with Gasteiger partial charge in [-0.25, -0.2) is 0 Å². The fourth-order valence-corrected chi connectivity index (χ4v) is 2.57. The van der Waals surface area contributed by atoms with Crippen LogP contribution < -0.4 is 10.6 Å². The van der Waals surface area contributed by atoms with E-state index in [1.165, 1.54) is 0 Å². The standard InChI is InChI=1S/C17H37N5O2/c1-5-18-17(19-7-6-12-24-14-13-23-4)20-15-16(2)22-10-8-21(3)9-11-22/h16H,5-15H2,1-4H3,(H2,18,19,20). The Bertz CT molecular complexity index is 333. The fraction of sp³-hybridized carbons (Fsp3) is 0.941. The third-order valence-electron chi connectivity index (χ3n) is 4.21. The minimum absolute atomic E-state index is 0.478. The molecule has 0 radical (unpaired) electrons. The van der Waals surface area contributed by atoms with Gasteiger partial charge in [-0.2, -0.15) is 0 Å². The van der Waals surface area contributed by atoms with Crippen LogP contribution in [0.3, 0.4) is 0 Å². The van der Waals surface area contributed by atoms with Crippen molar-refractivity contribution >= 4 is 5.96 Å². The molecule has 2 N–H and O–H groups in total. The molecule has 1 fully saturated rings. The number of methoxy groups -OCH3 is 1. The van der Waals surface area contributed by atoms with E-state index in [9.17, 15) is 0 Å². The Hall–Kier alpha value is -0.890. The van der Waals surface area contributed by atoms with Crippen LogP contribution in [0.25, 0.3) is 0 Å². The summed E-state index contributed by atoms with van der Waals surface area (Å²) in [6.07, 6.45) is 0.960. The van der Waals surface area contributed by atoms with E-state index in [1.807, 2.05) is 0 Å². The zero-order chi connectivity index (χ0) is 17.6. The summed E-state index contributed by atoms with van der Waals surface area (Å²) in [5.74, 6) is 0.898. The van der Waals surface area contributed by atoms with Crippen molar-refractivity contribution in [1.82, 2.24) is 20.4 Å². The number of guanidine groups is 1. The molecule has 0 aromatic heterocycles. The van der Waals surface area contributed by atoms with Crippen LogP contribution in [0.1, 0.15) is 20.3 Å². The Morgan fingerprint density at radius 1 is 1.12 bits per heavy atom. The lowest BCUT2D eigenvalue weighted by Gasteiger charge is -2.35. The number of nitrogens with zero attached hydrogens (tertiary/aromatic N) is 3. The average molecular weight is 344 g/mol. The first-order chi connectivity index (χ1) is 11.7. The Labute approximate surface area is 147 Å². The number of aliphatic imine (C=N–C) groups is 1. The summed E-state index contributed by atoms with van der Waals surface area (Å²) in [6.45, 7) is 13.5. The number of likely N-dealkylation sites (N-methyl/N-ethyl adjacent to an activating group) is 1. The van der Waals surface area contributed by atoms with E-state index in [0.717, 1.165) is 64.8 Å². The van der Waals surface area contributed by atoms with E-state index in [4.69, 9.17) is 14.5 Å². The first-order valence-electron chi connectivity index (χ1n) is 9.18. The maximum atomic E-state index is 5.47. The third-order valence-corrected chi connectivity index (χ3v) is 4.21. The van der Waals surface area contributed by atoms with Crippen molar-refractivity contribution in [3.05, 3.63) is 0 Å². The van der Waals surface area contributed by atoms with Crippen molar-refractivity contribution in [3.63, 3.8) is 0 Å². The first-order valence-corrected chi connectivity index (χ1v) is 9.18. The third kappa shape index (κ3) is 9.42.